The van der Waals surface area contributed by atoms with E-state index in [1.807, 2.05) is 19.1 Å². The third-order valence-electron chi connectivity index (χ3n) is 5.34. The third kappa shape index (κ3) is 5.00. The number of aromatic nitrogens is 1. The fraction of sp³-hybridized carbons (Fsp3) is 0.269. The SMILES string of the molecule is C=C/C=C(/C/C=C(/C#N)C(=C)C)c1cc(-c2ccc(N3CCOCC3)cc2)[nH]c1C. The lowest BCUT2D eigenvalue weighted by Gasteiger charge is -2.28. The summed E-state index contributed by atoms with van der Waals surface area (Å²) in [6.07, 6.45) is 6.38. The smallest absolute Gasteiger partial charge is 0.0990 e. The quantitative estimate of drug-likeness (QED) is 0.472. The van der Waals surface area contributed by atoms with Crippen LogP contribution in [0.2, 0.25) is 0 Å². The van der Waals surface area contributed by atoms with E-state index in [4.69, 9.17) is 4.74 Å². The van der Waals surface area contributed by atoms with Crippen molar-refractivity contribution in [3.63, 3.8) is 0 Å². The second kappa shape index (κ2) is 9.96. The molecule has 1 saturated heterocycles. The minimum absolute atomic E-state index is 0.622. The van der Waals surface area contributed by atoms with Gasteiger partial charge in [-0.2, -0.15) is 5.26 Å². The van der Waals surface area contributed by atoms with Crippen molar-refractivity contribution in [3.05, 3.63) is 84.1 Å². The average molecular weight is 400 g/mol. The summed E-state index contributed by atoms with van der Waals surface area (Å²) in [5.74, 6) is 0. The van der Waals surface area contributed by atoms with E-state index in [0.717, 1.165) is 60.0 Å². The van der Waals surface area contributed by atoms with Crippen molar-refractivity contribution in [2.24, 2.45) is 0 Å². The molecule has 30 heavy (non-hydrogen) atoms. The Kier molecular flexibility index (Phi) is 7.11. The van der Waals surface area contributed by atoms with E-state index in [1.54, 1.807) is 6.08 Å². The van der Waals surface area contributed by atoms with Gasteiger partial charge in [-0.05, 0) is 60.7 Å². The monoisotopic (exact) mass is 399 g/mol. The van der Waals surface area contributed by atoms with Gasteiger partial charge in [-0.3, -0.25) is 0 Å². The Morgan fingerprint density at radius 3 is 2.57 bits per heavy atom. The van der Waals surface area contributed by atoms with Gasteiger partial charge >= 0.3 is 0 Å². The largest absolute Gasteiger partial charge is 0.378 e. The van der Waals surface area contributed by atoms with Crippen LogP contribution in [-0.4, -0.2) is 31.3 Å². The van der Waals surface area contributed by atoms with Crippen LogP contribution >= 0.6 is 0 Å². The summed E-state index contributed by atoms with van der Waals surface area (Å²) in [6.45, 7) is 15.1. The van der Waals surface area contributed by atoms with Crippen molar-refractivity contribution < 1.29 is 4.74 Å². The zero-order valence-corrected chi connectivity index (χ0v) is 17.9. The molecule has 1 aliphatic rings. The van der Waals surface area contributed by atoms with Crippen molar-refractivity contribution in [1.29, 1.82) is 5.26 Å². The topological polar surface area (TPSA) is 52.1 Å². The lowest BCUT2D eigenvalue weighted by molar-refractivity contribution is 0.122. The summed E-state index contributed by atoms with van der Waals surface area (Å²) < 4.78 is 5.44. The standard InChI is InChI=1S/C26H29N3O/c1-5-6-21(7-8-23(18-27)19(2)3)25-17-26(28-20(25)4)22-9-11-24(12-10-22)29-13-15-30-16-14-29/h5-6,8-12,17,28H,1-2,7,13-16H2,3-4H3/b21-6-,23-8-. The number of hydrogen-bond acceptors (Lipinski definition) is 3. The van der Waals surface area contributed by atoms with Gasteiger partial charge < -0.3 is 14.6 Å². The maximum atomic E-state index is 9.30. The van der Waals surface area contributed by atoms with Crippen molar-refractivity contribution in [1.82, 2.24) is 4.98 Å². The summed E-state index contributed by atoms with van der Waals surface area (Å²) in [4.78, 5) is 5.86. The number of nitrogens with zero attached hydrogens (tertiary/aromatic N) is 2. The fourth-order valence-corrected chi connectivity index (χ4v) is 3.66. The van der Waals surface area contributed by atoms with E-state index < -0.39 is 0 Å². The number of nitrogens with one attached hydrogen (secondary N) is 1. The summed E-state index contributed by atoms with van der Waals surface area (Å²) in [7, 11) is 0. The number of H-pyrrole nitrogens is 1. The van der Waals surface area contributed by atoms with E-state index in [9.17, 15) is 5.26 Å². The number of aromatic amines is 1. The second-order valence-electron chi connectivity index (χ2n) is 7.51. The third-order valence-corrected chi connectivity index (χ3v) is 5.34. The van der Waals surface area contributed by atoms with Gasteiger partial charge in [0.05, 0.1) is 24.9 Å². The first kappa shape index (κ1) is 21.4. The van der Waals surface area contributed by atoms with Gasteiger partial charge in [0.2, 0.25) is 0 Å². The molecule has 1 aliphatic heterocycles. The minimum Gasteiger partial charge on any atom is -0.378 e. The zero-order chi connectivity index (χ0) is 21.5. The molecule has 2 aromatic rings. The number of nitriles is 1. The Bertz CT molecular complexity index is 1010. The van der Waals surface area contributed by atoms with Crippen LogP contribution in [0.5, 0.6) is 0 Å². The molecule has 0 unspecified atom stereocenters. The van der Waals surface area contributed by atoms with Gasteiger partial charge in [0.25, 0.3) is 0 Å². The Morgan fingerprint density at radius 2 is 1.97 bits per heavy atom. The Labute approximate surface area is 179 Å². The maximum Gasteiger partial charge on any atom is 0.0990 e. The van der Waals surface area contributed by atoms with Gasteiger partial charge in [-0.15, -0.1) is 0 Å². The molecule has 0 saturated carbocycles. The highest BCUT2D eigenvalue weighted by Crippen LogP contribution is 2.30. The molecule has 154 valence electrons. The van der Waals surface area contributed by atoms with E-state index in [2.05, 4.69) is 66.4 Å². The lowest BCUT2D eigenvalue weighted by atomic mass is 9.99. The van der Waals surface area contributed by atoms with Crippen LogP contribution in [0.25, 0.3) is 16.8 Å². The van der Waals surface area contributed by atoms with Gasteiger partial charge in [0.1, 0.15) is 0 Å². The van der Waals surface area contributed by atoms with Gasteiger partial charge in [-0.25, -0.2) is 0 Å². The molecule has 0 aliphatic carbocycles. The summed E-state index contributed by atoms with van der Waals surface area (Å²) in [5.41, 5.74) is 8.20. The highest BCUT2D eigenvalue weighted by Gasteiger charge is 2.13. The molecule has 1 aromatic heterocycles. The molecule has 0 bridgehead atoms. The van der Waals surface area contributed by atoms with Gasteiger partial charge in [-0.1, -0.05) is 43.5 Å². The molecule has 4 heteroatoms. The van der Waals surface area contributed by atoms with Crippen LogP contribution in [0.1, 0.15) is 24.6 Å². The molecule has 1 N–H and O–H groups in total. The summed E-state index contributed by atoms with van der Waals surface area (Å²) in [6, 6.07) is 13.1. The number of ether oxygens (including phenoxy) is 1. The molecule has 0 radical (unpaired) electrons. The highest BCUT2D eigenvalue weighted by atomic mass is 16.5. The first-order valence-electron chi connectivity index (χ1n) is 10.2. The van der Waals surface area contributed by atoms with Crippen LogP contribution in [0.3, 0.4) is 0 Å². The Hall–Kier alpha value is -3.29. The predicted octanol–water partition coefficient (Wildman–Crippen LogP) is 5.81. The number of benzene rings is 1. The van der Waals surface area contributed by atoms with Gasteiger partial charge in [0, 0.05) is 30.2 Å². The average Bonchev–Trinajstić information content (AvgIpc) is 3.15. The lowest BCUT2D eigenvalue weighted by Crippen LogP contribution is -2.36. The van der Waals surface area contributed by atoms with E-state index in [-0.39, 0.29) is 0 Å². The Balaban J connectivity index is 1.84. The molecule has 4 nitrogen and oxygen atoms in total. The van der Waals surface area contributed by atoms with Crippen LogP contribution in [-0.2, 0) is 4.74 Å². The molecule has 1 aromatic carbocycles. The number of allylic oxidation sites excluding steroid dienone is 6. The molecule has 0 amide bonds. The normalized spacial score (nSPS) is 15.0. The van der Waals surface area contributed by atoms with Crippen LogP contribution < -0.4 is 4.90 Å². The number of anilines is 1. The number of aryl methyl sites for hydroxylation is 1. The molecule has 2 heterocycles. The fourth-order valence-electron chi connectivity index (χ4n) is 3.66. The van der Waals surface area contributed by atoms with E-state index in [1.165, 1.54) is 5.69 Å². The number of morpholine rings is 1. The van der Waals surface area contributed by atoms with Gasteiger partial charge in [0.15, 0.2) is 0 Å². The van der Waals surface area contributed by atoms with Crippen molar-refractivity contribution in [2.75, 3.05) is 31.2 Å². The number of hydrogen-bond donors (Lipinski definition) is 1. The molecule has 0 atom stereocenters. The predicted molar refractivity (Wildman–Crippen MR) is 125 cm³/mol. The van der Waals surface area contributed by atoms with Crippen molar-refractivity contribution >= 4 is 11.3 Å². The maximum absolute atomic E-state index is 9.30. The summed E-state index contributed by atoms with van der Waals surface area (Å²) >= 11 is 0. The highest BCUT2D eigenvalue weighted by molar-refractivity contribution is 5.76. The summed E-state index contributed by atoms with van der Waals surface area (Å²) in [5, 5.41) is 9.30. The van der Waals surface area contributed by atoms with Crippen molar-refractivity contribution in [2.45, 2.75) is 20.3 Å². The Morgan fingerprint density at radius 1 is 1.27 bits per heavy atom. The molecule has 1 fully saturated rings. The van der Waals surface area contributed by atoms with Crippen LogP contribution in [0.4, 0.5) is 5.69 Å². The first-order valence-corrected chi connectivity index (χ1v) is 10.2. The van der Waals surface area contributed by atoms with Crippen LogP contribution in [0, 0.1) is 18.3 Å². The molecular weight excluding hydrogens is 370 g/mol. The van der Waals surface area contributed by atoms with E-state index in [0.29, 0.717) is 12.0 Å². The van der Waals surface area contributed by atoms with Crippen LogP contribution in [0.15, 0.2) is 72.9 Å². The number of rotatable bonds is 7. The van der Waals surface area contributed by atoms with Crippen molar-refractivity contribution in [3.8, 4) is 17.3 Å². The first-order chi connectivity index (χ1) is 14.5. The zero-order valence-electron chi connectivity index (χ0n) is 17.9. The molecular formula is C26H29N3O. The minimum atomic E-state index is 0.622. The molecule has 3 rings (SSSR count). The van der Waals surface area contributed by atoms with E-state index >= 15 is 0 Å². The second-order valence-corrected chi connectivity index (χ2v) is 7.51. The molecule has 0 spiro atoms.